The first-order chi connectivity index (χ1) is 9.61. The van der Waals surface area contributed by atoms with Gasteiger partial charge in [0.25, 0.3) is 5.91 Å². The lowest BCUT2D eigenvalue weighted by atomic mass is 9.97. The molecule has 0 atom stereocenters. The van der Waals surface area contributed by atoms with Crippen LogP contribution in [-0.4, -0.2) is 35.0 Å². The summed E-state index contributed by atoms with van der Waals surface area (Å²) >= 11 is 0.687. The molecular formula is C14H15F2NO2S. The Morgan fingerprint density at radius 2 is 2.00 bits per heavy atom. The Hall–Kier alpha value is -1.43. The number of carbonyl (C=O) groups excluding carboxylic acids is 2. The number of halogens is 2. The van der Waals surface area contributed by atoms with Crippen molar-refractivity contribution in [3.63, 3.8) is 0 Å². The van der Waals surface area contributed by atoms with Gasteiger partial charge in [0.05, 0.1) is 0 Å². The standard InChI is InChI=1S/C14H15F2NO2S/c15-9-20-14(19)10-4-6-17(7-5-10)13(18)11-2-1-3-12(16)8-11/h1-3,8,10H,4-7,9H2. The Balaban J connectivity index is 1.93. The number of nitrogens with zero attached hydrogens (tertiary/aromatic N) is 1. The van der Waals surface area contributed by atoms with Gasteiger partial charge in [-0.3, -0.25) is 9.59 Å². The predicted octanol–water partition coefficient (Wildman–Crippen LogP) is 2.86. The molecule has 1 heterocycles. The monoisotopic (exact) mass is 299 g/mol. The summed E-state index contributed by atoms with van der Waals surface area (Å²) in [6, 6.07) is 4.86. The van der Waals surface area contributed by atoms with E-state index in [0.29, 0.717) is 43.3 Å². The SMILES string of the molecule is O=C(SCF)C1CCN(C(=O)c2cccc(F)c2)CC1. The van der Waals surface area contributed by atoms with Crippen LogP contribution in [0.3, 0.4) is 0 Å². The minimum Gasteiger partial charge on any atom is -0.339 e. The fourth-order valence-corrected chi connectivity index (χ4v) is 2.87. The third-order valence-electron chi connectivity index (χ3n) is 3.38. The maximum absolute atomic E-state index is 13.1. The highest BCUT2D eigenvalue weighted by molar-refractivity contribution is 8.13. The maximum atomic E-state index is 13.1. The van der Waals surface area contributed by atoms with Crippen LogP contribution in [0.1, 0.15) is 23.2 Å². The van der Waals surface area contributed by atoms with E-state index in [1.165, 1.54) is 18.2 Å². The van der Waals surface area contributed by atoms with Crippen LogP contribution in [0.25, 0.3) is 0 Å². The largest absolute Gasteiger partial charge is 0.339 e. The van der Waals surface area contributed by atoms with E-state index in [4.69, 9.17) is 0 Å². The predicted molar refractivity (Wildman–Crippen MR) is 73.6 cm³/mol. The summed E-state index contributed by atoms with van der Waals surface area (Å²) in [6.07, 6.45) is 1.07. The van der Waals surface area contributed by atoms with E-state index in [1.807, 2.05) is 0 Å². The molecule has 1 aliphatic rings. The second-order valence-electron chi connectivity index (χ2n) is 4.65. The van der Waals surface area contributed by atoms with E-state index >= 15 is 0 Å². The Morgan fingerprint density at radius 1 is 1.30 bits per heavy atom. The molecule has 0 saturated carbocycles. The molecule has 1 amide bonds. The molecule has 0 aromatic heterocycles. The van der Waals surface area contributed by atoms with Crippen molar-refractivity contribution >= 4 is 22.8 Å². The Morgan fingerprint density at radius 3 is 2.60 bits per heavy atom. The van der Waals surface area contributed by atoms with Crippen molar-refractivity contribution in [3.05, 3.63) is 35.6 Å². The van der Waals surface area contributed by atoms with Crippen LogP contribution in [0.5, 0.6) is 0 Å². The lowest BCUT2D eigenvalue weighted by Crippen LogP contribution is -2.39. The highest BCUT2D eigenvalue weighted by Gasteiger charge is 2.27. The Bertz CT molecular complexity index is 502. The zero-order valence-electron chi connectivity index (χ0n) is 10.9. The number of alkyl halides is 1. The number of amides is 1. The van der Waals surface area contributed by atoms with E-state index in [2.05, 4.69) is 0 Å². The van der Waals surface area contributed by atoms with Crippen LogP contribution in [0, 0.1) is 11.7 Å². The Labute approximate surface area is 120 Å². The first-order valence-corrected chi connectivity index (χ1v) is 7.38. The average molecular weight is 299 g/mol. The summed E-state index contributed by atoms with van der Waals surface area (Å²) in [5.41, 5.74) is 0.313. The molecule has 0 N–H and O–H groups in total. The van der Waals surface area contributed by atoms with Crippen LogP contribution in [-0.2, 0) is 4.79 Å². The molecule has 0 spiro atoms. The van der Waals surface area contributed by atoms with Crippen LogP contribution < -0.4 is 0 Å². The van der Waals surface area contributed by atoms with E-state index < -0.39 is 11.8 Å². The molecule has 1 aromatic carbocycles. The van der Waals surface area contributed by atoms with Gasteiger partial charge in [0.15, 0.2) is 5.12 Å². The molecule has 3 nitrogen and oxygen atoms in total. The van der Waals surface area contributed by atoms with E-state index in [0.717, 1.165) is 0 Å². The van der Waals surface area contributed by atoms with Crippen molar-refractivity contribution in [1.29, 1.82) is 0 Å². The normalized spacial score (nSPS) is 16.2. The van der Waals surface area contributed by atoms with Gasteiger partial charge in [0, 0.05) is 24.6 Å². The topological polar surface area (TPSA) is 37.4 Å². The number of benzene rings is 1. The Kier molecular flexibility index (Phi) is 5.11. The molecule has 1 aromatic rings. The lowest BCUT2D eigenvalue weighted by molar-refractivity contribution is -0.115. The summed E-state index contributed by atoms with van der Waals surface area (Å²) in [7, 11) is 0. The van der Waals surface area contributed by atoms with E-state index in [9.17, 15) is 18.4 Å². The third-order valence-corrected chi connectivity index (χ3v) is 4.11. The quantitative estimate of drug-likeness (QED) is 0.861. The highest BCUT2D eigenvalue weighted by Crippen LogP contribution is 2.24. The molecule has 1 fully saturated rings. The van der Waals surface area contributed by atoms with Crippen molar-refractivity contribution in [2.75, 3.05) is 19.1 Å². The van der Waals surface area contributed by atoms with Crippen molar-refractivity contribution in [1.82, 2.24) is 4.90 Å². The molecule has 108 valence electrons. The van der Waals surface area contributed by atoms with E-state index in [-0.39, 0.29) is 16.9 Å². The smallest absolute Gasteiger partial charge is 0.253 e. The van der Waals surface area contributed by atoms with Gasteiger partial charge in [0.1, 0.15) is 11.8 Å². The molecule has 0 aliphatic carbocycles. The molecule has 0 bridgehead atoms. The number of hydrogen-bond donors (Lipinski definition) is 0. The highest BCUT2D eigenvalue weighted by atomic mass is 32.2. The van der Waals surface area contributed by atoms with Gasteiger partial charge in [-0.25, -0.2) is 8.78 Å². The van der Waals surface area contributed by atoms with Crippen molar-refractivity contribution < 1.29 is 18.4 Å². The van der Waals surface area contributed by atoms with Crippen LogP contribution in [0.4, 0.5) is 8.78 Å². The molecular weight excluding hydrogens is 284 g/mol. The van der Waals surface area contributed by atoms with Crippen LogP contribution >= 0.6 is 11.8 Å². The molecule has 0 radical (unpaired) electrons. The molecule has 2 rings (SSSR count). The van der Waals surface area contributed by atoms with Gasteiger partial charge in [-0.2, -0.15) is 0 Å². The van der Waals surface area contributed by atoms with Crippen LogP contribution in [0.15, 0.2) is 24.3 Å². The van der Waals surface area contributed by atoms with Crippen molar-refractivity contribution in [2.24, 2.45) is 5.92 Å². The number of thioether (sulfide) groups is 1. The molecule has 1 saturated heterocycles. The first kappa shape index (κ1) is 15.0. The van der Waals surface area contributed by atoms with Gasteiger partial charge < -0.3 is 4.90 Å². The van der Waals surface area contributed by atoms with Crippen molar-refractivity contribution in [2.45, 2.75) is 12.8 Å². The zero-order valence-corrected chi connectivity index (χ0v) is 11.7. The van der Waals surface area contributed by atoms with Crippen LogP contribution in [0.2, 0.25) is 0 Å². The second kappa shape index (κ2) is 6.83. The summed E-state index contributed by atoms with van der Waals surface area (Å²) in [6.45, 7) is 0.886. The lowest BCUT2D eigenvalue weighted by Gasteiger charge is -2.31. The minimum atomic E-state index is -0.707. The fraction of sp³-hybridized carbons (Fsp3) is 0.429. The second-order valence-corrected chi connectivity index (χ2v) is 5.56. The average Bonchev–Trinajstić information content (AvgIpc) is 2.47. The zero-order chi connectivity index (χ0) is 14.5. The number of hydrogen-bond acceptors (Lipinski definition) is 3. The van der Waals surface area contributed by atoms with E-state index in [1.54, 1.807) is 11.0 Å². The van der Waals surface area contributed by atoms with Gasteiger partial charge in [-0.1, -0.05) is 17.8 Å². The molecule has 20 heavy (non-hydrogen) atoms. The number of carbonyl (C=O) groups is 2. The van der Waals surface area contributed by atoms with Gasteiger partial charge in [-0.05, 0) is 31.0 Å². The molecule has 0 unspecified atom stereocenters. The summed E-state index contributed by atoms with van der Waals surface area (Å²) < 4.78 is 25.2. The first-order valence-electron chi connectivity index (χ1n) is 6.39. The number of rotatable bonds is 3. The molecule has 1 aliphatic heterocycles. The molecule has 6 heteroatoms. The minimum absolute atomic E-state index is 0.148. The number of likely N-dealkylation sites (tertiary alicyclic amines) is 1. The summed E-state index contributed by atoms with van der Waals surface area (Å²) in [4.78, 5) is 25.3. The third kappa shape index (κ3) is 3.56. The van der Waals surface area contributed by atoms with Crippen molar-refractivity contribution in [3.8, 4) is 0 Å². The van der Waals surface area contributed by atoms with Gasteiger partial charge in [0.2, 0.25) is 0 Å². The maximum Gasteiger partial charge on any atom is 0.253 e. The number of piperidine rings is 1. The fourth-order valence-electron chi connectivity index (χ4n) is 2.29. The summed E-state index contributed by atoms with van der Waals surface area (Å²) in [5.74, 6) is -0.860. The van der Waals surface area contributed by atoms with Gasteiger partial charge in [-0.15, -0.1) is 0 Å². The van der Waals surface area contributed by atoms with Gasteiger partial charge >= 0.3 is 0 Å². The summed E-state index contributed by atoms with van der Waals surface area (Å²) in [5, 5.41) is -0.148.